The summed E-state index contributed by atoms with van der Waals surface area (Å²) in [7, 11) is 3.67. The first-order valence-corrected chi connectivity index (χ1v) is 2.82. The van der Waals surface area contributed by atoms with Crippen molar-refractivity contribution >= 4 is 0 Å². The molecule has 1 N–H and O–H groups in total. The van der Waals surface area contributed by atoms with Crippen molar-refractivity contribution in [3.63, 3.8) is 0 Å². The van der Waals surface area contributed by atoms with Crippen molar-refractivity contribution < 1.29 is 4.74 Å². The van der Waals surface area contributed by atoms with Crippen LogP contribution in [0.5, 0.6) is 0 Å². The van der Waals surface area contributed by atoms with Crippen molar-refractivity contribution in [2.24, 2.45) is 0 Å². The van der Waals surface area contributed by atoms with Crippen LogP contribution in [-0.2, 0) is 4.74 Å². The molecule has 1 aliphatic rings. The molecule has 1 saturated heterocycles. The smallest absolute Gasteiger partial charge is 0.0852 e. The van der Waals surface area contributed by atoms with Crippen LogP contribution >= 0.6 is 0 Å². The summed E-state index contributed by atoms with van der Waals surface area (Å²) in [5.41, 5.74) is 3.02. The van der Waals surface area contributed by atoms with E-state index in [2.05, 4.69) is 10.4 Å². The highest BCUT2D eigenvalue weighted by atomic mass is 16.5. The van der Waals surface area contributed by atoms with Crippen LogP contribution in [0.25, 0.3) is 0 Å². The molecule has 3 nitrogen and oxygen atoms in total. The van der Waals surface area contributed by atoms with Crippen molar-refractivity contribution in [2.75, 3.05) is 27.2 Å². The SMILES string of the molecule is CNN1CC(OC)C1. The largest absolute Gasteiger partial charge is 0.379 e. The van der Waals surface area contributed by atoms with Crippen LogP contribution in [0.2, 0.25) is 0 Å². The number of methoxy groups -OCH3 is 1. The first-order valence-electron chi connectivity index (χ1n) is 2.82. The van der Waals surface area contributed by atoms with Crippen molar-refractivity contribution in [3.8, 4) is 0 Å². The van der Waals surface area contributed by atoms with Gasteiger partial charge in [0.15, 0.2) is 0 Å². The number of ether oxygens (including phenoxy) is 1. The van der Waals surface area contributed by atoms with Gasteiger partial charge < -0.3 is 4.74 Å². The van der Waals surface area contributed by atoms with E-state index < -0.39 is 0 Å². The van der Waals surface area contributed by atoms with Crippen molar-refractivity contribution in [2.45, 2.75) is 6.10 Å². The molecule has 1 aliphatic heterocycles. The molecule has 0 aromatic carbocycles. The third kappa shape index (κ3) is 0.992. The second-order valence-electron chi connectivity index (χ2n) is 1.99. The predicted octanol–water partition coefficient (Wildman–Crippen LogP) is -0.549. The molecule has 48 valence electrons. The minimum Gasteiger partial charge on any atom is -0.379 e. The summed E-state index contributed by atoms with van der Waals surface area (Å²) in [6.07, 6.45) is 0.461. The Kier molecular flexibility index (Phi) is 1.83. The maximum atomic E-state index is 5.04. The van der Waals surface area contributed by atoms with Gasteiger partial charge in [-0.2, -0.15) is 0 Å². The van der Waals surface area contributed by atoms with Gasteiger partial charge in [0, 0.05) is 20.2 Å². The van der Waals surface area contributed by atoms with Gasteiger partial charge in [0.25, 0.3) is 0 Å². The van der Waals surface area contributed by atoms with E-state index in [0.717, 1.165) is 13.1 Å². The lowest BCUT2D eigenvalue weighted by atomic mass is 10.2. The second kappa shape index (κ2) is 2.44. The average molecular weight is 116 g/mol. The van der Waals surface area contributed by atoms with E-state index in [4.69, 9.17) is 4.74 Å². The molecule has 0 aromatic rings. The van der Waals surface area contributed by atoms with Gasteiger partial charge in [0.1, 0.15) is 0 Å². The van der Waals surface area contributed by atoms with Gasteiger partial charge in [-0.3, -0.25) is 5.43 Å². The van der Waals surface area contributed by atoms with Gasteiger partial charge in [-0.15, -0.1) is 0 Å². The van der Waals surface area contributed by atoms with E-state index in [0.29, 0.717) is 6.10 Å². The highest BCUT2D eigenvalue weighted by molar-refractivity contribution is 4.75. The van der Waals surface area contributed by atoms with Crippen LogP contribution in [-0.4, -0.2) is 38.4 Å². The fourth-order valence-electron chi connectivity index (χ4n) is 0.770. The van der Waals surface area contributed by atoms with E-state index in [1.807, 2.05) is 7.05 Å². The van der Waals surface area contributed by atoms with Gasteiger partial charge in [0.05, 0.1) is 6.10 Å². The molecule has 1 rings (SSSR count). The van der Waals surface area contributed by atoms with E-state index in [1.165, 1.54) is 0 Å². The molecule has 0 atom stereocenters. The minimum atomic E-state index is 0.461. The monoisotopic (exact) mass is 116 g/mol. The maximum Gasteiger partial charge on any atom is 0.0852 e. The van der Waals surface area contributed by atoms with E-state index in [-0.39, 0.29) is 0 Å². The number of nitrogens with one attached hydrogen (secondary N) is 1. The Morgan fingerprint density at radius 2 is 2.25 bits per heavy atom. The standard InChI is InChI=1S/C5H12N2O/c1-6-7-3-5(4-7)8-2/h5-6H,3-4H2,1-2H3. The fraction of sp³-hybridized carbons (Fsp3) is 1.00. The lowest BCUT2D eigenvalue weighted by Crippen LogP contribution is -2.56. The van der Waals surface area contributed by atoms with Gasteiger partial charge in [-0.1, -0.05) is 0 Å². The molecule has 0 spiro atoms. The number of hydrogen-bond acceptors (Lipinski definition) is 3. The maximum absolute atomic E-state index is 5.04. The molecule has 0 unspecified atom stereocenters. The number of hydrogen-bond donors (Lipinski definition) is 1. The molecule has 1 heterocycles. The molecule has 1 fully saturated rings. The summed E-state index contributed by atoms with van der Waals surface area (Å²) < 4.78 is 5.04. The normalized spacial score (nSPS) is 23.2. The molecule has 3 heteroatoms. The Labute approximate surface area is 49.6 Å². The molecule has 0 radical (unpaired) electrons. The van der Waals surface area contributed by atoms with Crippen molar-refractivity contribution in [1.82, 2.24) is 10.4 Å². The third-order valence-corrected chi connectivity index (χ3v) is 1.50. The molecule has 0 aromatic heterocycles. The Bertz CT molecular complexity index is 62.8. The first kappa shape index (κ1) is 6.01. The topological polar surface area (TPSA) is 24.5 Å². The molecular formula is C5H12N2O. The van der Waals surface area contributed by atoms with E-state index in [9.17, 15) is 0 Å². The van der Waals surface area contributed by atoms with Crippen LogP contribution < -0.4 is 5.43 Å². The van der Waals surface area contributed by atoms with Gasteiger partial charge in [-0.05, 0) is 7.05 Å². The fourth-order valence-corrected chi connectivity index (χ4v) is 0.770. The summed E-state index contributed by atoms with van der Waals surface area (Å²) in [5.74, 6) is 0. The van der Waals surface area contributed by atoms with Crippen molar-refractivity contribution in [3.05, 3.63) is 0 Å². The van der Waals surface area contributed by atoms with Gasteiger partial charge in [0.2, 0.25) is 0 Å². The summed E-state index contributed by atoms with van der Waals surface area (Å²) in [6, 6.07) is 0. The summed E-state index contributed by atoms with van der Waals surface area (Å²) in [5, 5.41) is 2.11. The lowest BCUT2D eigenvalue weighted by molar-refractivity contribution is -0.0512. The molecule has 8 heavy (non-hydrogen) atoms. The Hall–Kier alpha value is -0.120. The number of rotatable bonds is 2. The molecular weight excluding hydrogens is 104 g/mol. The zero-order valence-electron chi connectivity index (χ0n) is 5.35. The second-order valence-corrected chi connectivity index (χ2v) is 1.99. The van der Waals surface area contributed by atoms with Gasteiger partial charge >= 0.3 is 0 Å². The molecule has 0 aliphatic carbocycles. The Morgan fingerprint density at radius 3 is 2.62 bits per heavy atom. The highest BCUT2D eigenvalue weighted by Crippen LogP contribution is 2.05. The molecule has 0 saturated carbocycles. The zero-order valence-corrected chi connectivity index (χ0v) is 5.35. The van der Waals surface area contributed by atoms with E-state index >= 15 is 0 Å². The summed E-state index contributed by atoms with van der Waals surface area (Å²) >= 11 is 0. The number of hydrazine groups is 1. The molecule has 0 amide bonds. The Balaban J connectivity index is 2.03. The molecule has 0 bridgehead atoms. The average Bonchev–Trinajstić information content (AvgIpc) is 1.65. The van der Waals surface area contributed by atoms with Crippen LogP contribution in [0, 0.1) is 0 Å². The van der Waals surface area contributed by atoms with E-state index in [1.54, 1.807) is 7.11 Å². The van der Waals surface area contributed by atoms with Crippen LogP contribution in [0.4, 0.5) is 0 Å². The summed E-state index contributed by atoms with van der Waals surface area (Å²) in [4.78, 5) is 0. The van der Waals surface area contributed by atoms with Crippen LogP contribution in [0.15, 0.2) is 0 Å². The van der Waals surface area contributed by atoms with Gasteiger partial charge in [-0.25, -0.2) is 5.01 Å². The summed E-state index contributed by atoms with van der Waals surface area (Å²) in [6.45, 7) is 2.04. The van der Waals surface area contributed by atoms with Crippen molar-refractivity contribution in [1.29, 1.82) is 0 Å². The van der Waals surface area contributed by atoms with Crippen LogP contribution in [0.1, 0.15) is 0 Å². The Morgan fingerprint density at radius 1 is 1.62 bits per heavy atom. The number of nitrogens with zero attached hydrogens (tertiary/aromatic N) is 1. The zero-order chi connectivity index (χ0) is 5.98. The highest BCUT2D eigenvalue weighted by Gasteiger charge is 2.24. The lowest BCUT2D eigenvalue weighted by Gasteiger charge is -2.36. The first-order chi connectivity index (χ1) is 3.86. The third-order valence-electron chi connectivity index (χ3n) is 1.50. The van der Waals surface area contributed by atoms with Crippen LogP contribution in [0.3, 0.4) is 0 Å². The predicted molar refractivity (Wildman–Crippen MR) is 31.4 cm³/mol. The minimum absolute atomic E-state index is 0.461. The quantitative estimate of drug-likeness (QED) is 0.524.